The standard InChI is InChI=1S/C10H9BrF2O2S/c1-5(14)9(11)6-2-3-8(16)7(4-6)15-10(12)13/h2-4,9-10,16H,1H3. The van der Waals surface area contributed by atoms with E-state index in [4.69, 9.17) is 0 Å². The highest BCUT2D eigenvalue weighted by Crippen LogP contribution is 2.31. The number of rotatable bonds is 4. The Balaban J connectivity index is 3.02. The van der Waals surface area contributed by atoms with Crippen LogP contribution in [0.2, 0.25) is 0 Å². The van der Waals surface area contributed by atoms with Gasteiger partial charge in [0, 0.05) is 4.90 Å². The Labute approximate surface area is 106 Å². The summed E-state index contributed by atoms with van der Waals surface area (Å²) in [4.78, 5) is 10.9. The van der Waals surface area contributed by atoms with Crippen molar-refractivity contribution in [2.75, 3.05) is 0 Å². The lowest BCUT2D eigenvalue weighted by Gasteiger charge is -2.11. The molecule has 0 aromatic heterocycles. The molecule has 0 aliphatic carbocycles. The van der Waals surface area contributed by atoms with Crippen LogP contribution >= 0.6 is 28.6 Å². The molecule has 0 N–H and O–H groups in total. The third-order valence-electron chi connectivity index (χ3n) is 1.85. The predicted octanol–water partition coefficient (Wildman–Crippen LogP) is 3.60. The van der Waals surface area contributed by atoms with E-state index < -0.39 is 11.4 Å². The van der Waals surface area contributed by atoms with Gasteiger partial charge in [-0.25, -0.2) is 0 Å². The fraction of sp³-hybridized carbons (Fsp3) is 0.300. The van der Waals surface area contributed by atoms with Gasteiger partial charge in [0.05, 0.1) is 4.83 Å². The highest BCUT2D eigenvalue weighted by molar-refractivity contribution is 9.09. The smallest absolute Gasteiger partial charge is 0.387 e. The molecule has 1 rings (SSSR count). The van der Waals surface area contributed by atoms with E-state index in [0.717, 1.165) is 0 Å². The Hall–Kier alpha value is -0.620. The maximum Gasteiger partial charge on any atom is 0.387 e. The van der Waals surface area contributed by atoms with Crippen molar-refractivity contribution < 1.29 is 18.3 Å². The molecule has 0 spiro atoms. The summed E-state index contributed by atoms with van der Waals surface area (Å²) in [7, 11) is 0. The van der Waals surface area contributed by atoms with E-state index in [1.807, 2.05) is 0 Å². The van der Waals surface area contributed by atoms with Gasteiger partial charge >= 0.3 is 6.61 Å². The highest BCUT2D eigenvalue weighted by atomic mass is 79.9. The minimum atomic E-state index is -2.91. The van der Waals surface area contributed by atoms with Crippen LogP contribution < -0.4 is 4.74 Å². The number of ketones is 1. The van der Waals surface area contributed by atoms with Crippen LogP contribution in [-0.2, 0) is 4.79 Å². The molecule has 1 aromatic carbocycles. The largest absolute Gasteiger partial charge is 0.434 e. The zero-order chi connectivity index (χ0) is 12.3. The second-order valence-corrected chi connectivity index (χ2v) is 4.48. The molecule has 1 atom stereocenters. The van der Waals surface area contributed by atoms with Gasteiger partial charge in [0.1, 0.15) is 11.5 Å². The van der Waals surface area contributed by atoms with Crippen LogP contribution in [0, 0.1) is 0 Å². The summed E-state index contributed by atoms with van der Waals surface area (Å²) in [5.74, 6) is -0.156. The molecule has 0 saturated carbocycles. The van der Waals surface area contributed by atoms with Crippen molar-refractivity contribution in [3.8, 4) is 5.75 Å². The number of carbonyl (C=O) groups excluding carboxylic acids is 1. The monoisotopic (exact) mass is 310 g/mol. The average Bonchev–Trinajstić information content (AvgIpc) is 2.19. The molecule has 0 aliphatic heterocycles. The van der Waals surface area contributed by atoms with Crippen LogP contribution in [-0.4, -0.2) is 12.4 Å². The van der Waals surface area contributed by atoms with Gasteiger partial charge in [-0.2, -0.15) is 8.78 Å². The summed E-state index contributed by atoms with van der Waals surface area (Å²) in [5, 5.41) is 0. The van der Waals surface area contributed by atoms with E-state index >= 15 is 0 Å². The number of hydrogen-bond acceptors (Lipinski definition) is 3. The van der Waals surface area contributed by atoms with Crippen molar-refractivity contribution in [3.05, 3.63) is 23.8 Å². The van der Waals surface area contributed by atoms with Crippen molar-refractivity contribution in [1.82, 2.24) is 0 Å². The fourth-order valence-corrected chi connectivity index (χ4v) is 1.59. The number of halogens is 3. The first-order chi connectivity index (χ1) is 7.41. The van der Waals surface area contributed by atoms with E-state index in [-0.39, 0.29) is 11.5 Å². The maximum absolute atomic E-state index is 12.1. The number of carbonyl (C=O) groups is 1. The molecule has 0 bridgehead atoms. The van der Waals surface area contributed by atoms with Crippen LogP contribution in [0.15, 0.2) is 23.1 Å². The van der Waals surface area contributed by atoms with E-state index in [9.17, 15) is 13.6 Å². The summed E-state index contributed by atoms with van der Waals surface area (Å²) in [5.41, 5.74) is 0.556. The van der Waals surface area contributed by atoms with Crippen molar-refractivity contribution in [1.29, 1.82) is 0 Å². The first-order valence-corrected chi connectivity index (χ1v) is 5.70. The molecule has 88 valence electrons. The number of ether oxygens (including phenoxy) is 1. The number of alkyl halides is 3. The lowest BCUT2D eigenvalue weighted by Crippen LogP contribution is -2.05. The summed E-state index contributed by atoms with van der Waals surface area (Å²) in [6.07, 6.45) is 0. The number of thiol groups is 1. The molecule has 16 heavy (non-hydrogen) atoms. The molecule has 0 radical (unpaired) electrons. The molecule has 0 fully saturated rings. The molecule has 0 saturated heterocycles. The van der Waals surface area contributed by atoms with Crippen LogP contribution in [0.5, 0.6) is 5.75 Å². The van der Waals surface area contributed by atoms with Gasteiger partial charge in [0.15, 0.2) is 0 Å². The van der Waals surface area contributed by atoms with E-state index in [1.54, 1.807) is 6.07 Å². The number of benzene rings is 1. The third kappa shape index (κ3) is 3.45. The van der Waals surface area contributed by atoms with Crippen LogP contribution in [0.4, 0.5) is 8.78 Å². The van der Waals surface area contributed by atoms with Gasteiger partial charge < -0.3 is 4.74 Å². The minimum Gasteiger partial charge on any atom is -0.434 e. The first kappa shape index (κ1) is 13.4. The minimum absolute atomic E-state index is 0.0402. The Kier molecular flexibility index (Phi) is 4.73. The van der Waals surface area contributed by atoms with Gasteiger partial charge in [-0.15, -0.1) is 12.6 Å². The molecule has 1 aromatic rings. The van der Waals surface area contributed by atoms with E-state index in [2.05, 4.69) is 33.3 Å². The molecule has 2 nitrogen and oxygen atoms in total. The molecular weight excluding hydrogens is 302 g/mol. The zero-order valence-corrected chi connectivity index (χ0v) is 10.8. The van der Waals surface area contributed by atoms with Gasteiger partial charge in [0.2, 0.25) is 0 Å². The molecule has 6 heteroatoms. The van der Waals surface area contributed by atoms with E-state index in [1.165, 1.54) is 19.1 Å². The quantitative estimate of drug-likeness (QED) is 0.679. The Morgan fingerprint density at radius 3 is 2.62 bits per heavy atom. The highest BCUT2D eigenvalue weighted by Gasteiger charge is 2.15. The molecule has 0 heterocycles. The maximum atomic E-state index is 12.1. The predicted molar refractivity (Wildman–Crippen MR) is 62.7 cm³/mol. The Morgan fingerprint density at radius 1 is 1.50 bits per heavy atom. The lowest BCUT2D eigenvalue weighted by molar-refractivity contribution is -0.116. The Bertz CT molecular complexity index is 398. The summed E-state index contributed by atoms with van der Waals surface area (Å²) < 4.78 is 28.4. The van der Waals surface area contributed by atoms with Gasteiger partial charge in [0.25, 0.3) is 0 Å². The van der Waals surface area contributed by atoms with E-state index in [0.29, 0.717) is 10.5 Å². The summed E-state index contributed by atoms with van der Waals surface area (Å²) in [6.45, 7) is -1.51. The normalized spacial score (nSPS) is 12.6. The van der Waals surface area contributed by atoms with Gasteiger partial charge in [-0.3, -0.25) is 4.79 Å². The first-order valence-electron chi connectivity index (χ1n) is 4.34. The summed E-state index contributed by atoms with van der Waals surface area (Å²) in [6, 6.07) is 4.50. The number of hydrogen-bond donors (Lipinski definition) is 1. The van der Waals surface area contributed by atoms with Crippen molar-refractivity contribution in [2.24, 2.45) is 0 Å². The fourth-order valence-electron chi connectivity index (χ4n) is 1.11. The van der Waals surface area contributed by atoms with Crippen molar-refractivity contribution in [3.63, 3.8) is 0 Å². The zero-order valence-electron chi connectivity index (χ0n) is 8.28. The lowest BCUT2D eigenvalue weighted by atomic mass is 10.1. The van der Waals surface area contributed by atoms with Crippen LogP contribution in [0.1, 0.15) is 17.3 Å². The molecular formula is C10H9BrF2O2S. The van der Waals surface area contributed by atoms with Crippen molar-refractivity contribution >= 4 is 34.3 Å². The Morgan fingerprint density at radius 2 is 2.12 bits per heavy atom. The average molecular weight is 311 g/mol. The van der Waals surface area contributed by atoms with Gasteiger partial charge in [-0.1, -0.05) is 22.0 Å². The van der Waals surface area contributed by atoms with Crippen LogP contribution in [0.25, 0.3) is 0 Å². The van der Waals surface area contributed by atoms with Crippen molar-refractivity contribution in [2.45, 2.75) is 23.3 Å². The molecule has 1 unspecified atom stereocenters. The topological polar surface area (TPSA) is 26.3 Å². The third-order valence-corrected chi connectivity index (χ3v) is 3.39. The molecule has 0 amide bonds. The second-order valence-electron chi connectivity index (χ2n) is 3.08. The van der Waals surface area contributed by atoms with Gasteiger partial charge in [-0.05, 0) is 24.6 Å². The number of Topliss-reactive ketones (excluding diaryl/α,β-unsaturated/α-hetero) is 1. The van der Waals surface area contributed by atoms with Crippen LogP contribution in [0.3, 0.4) is 0 Å². The SMILES string of the molecule is CC(=O)C(Br)c1ccc(S)c(OC(F)F)c1. The second kappa shape index (κ2) is 5.63. The summed E-state index contributed by atoms with van der Waals surface area (Å²) >= 11 is 7.14. The molecule has 0 aliphatic rings.